The third-order valence-corrected chi connectivity index (χ3v) is 1.60. The van der Waals surface area contributed by atoms with Crippen LogP contribution in [0.5, 0.6) is 0 Å². The van der Waals surface area contributed by atoms with Gasteiger partial charge < -0.3 is 10.0 Å². The first kappa shape index (κ1) is 10.7. The lowest BCUT2D eigenvalue weighted by Crippen LogP contribution is -2.26. The van der Waals surface area contributed by atoms with Crippen molar-refractivity contribution in [1.29, 1.82) is 0 Å². The lowest BCUT2D eigenvalue weighted by atomic mass is 10.1. The van der Waals surface area contributed by atoms with Gasteiger partial charge in [-0.05, 0) is 19.9 Å². The van der Waals surface area contributed by atoms with Gasteiger partial charge in [0.1, 0.15) is 0 Å². The van der Waals surface area contributed by atoms with Gasteiger partial charge >= 0.3 is 0 Å². The Balaban J connectivity index is 3.48. The van der Waals surface area contributed by atoms with E-state index >= 15 is 0 Å². The summed E-state index contributed by atoms with van der Waals surface area (Å²) in [7, 11) is 2.02. The second kappa shape index (κ2) is 6.38. The predicted octanol–water partition coefficient (Wildman–Crippen LogP) is 1.12. The molecule has 2 heteroatoms. The van der Waals surface area contributed by atoms with E-state index in [1.807, 2.05) is 14.0 Å². The Morgan fingerprint density at radius 1 is 1.55 bits per heavy atom. The molecule has 0 saturated heterocycles. The number of aliphatic hydroxyl groups excluding tert-OH is 1. The summed E-state index contributed by atoms with van der Waals surface area (Å²) in [5.74, 6) is 0.580. The van der Waals surface area contributed by atoms with E-state index < -0.39 is 0 Å². The van der Waals surface area contributed by atoms with E-state index in [9.17, 15) is 0 Å². The van der Waals surface area contributed by atoms with Crippen LogP contribution < -0.4 is 0 Å². The van der Waals surface area contributed by atoms with Crippen LogP contribution in [0.4, 0.5) is 0 Å². The van der Waals surface area contributed by atoms with Crippen molar-refractivity contribution in [2.75, 3.05) is 26.7 Å². The normalized spacial score (nSPS) is 14.6. The van der Waals surface area contributed by atoms with Gasteiger partial charge in [0.2, 0.25) is 0 Å². The molecule has 11 heavy (non-hydrogen) atoms. The number of nitrogens with zero attached hydrogens (tertiary/aromatic N) is 1. The molecule has 0 aliphatic heterocycles. The van der Waals surface area contributed by atoms with Crippen molar-refractivity contribution in [3.63, 3.8) is 0 Å². The fourth-order valence-corrected chi connectivity index (χ4v) is 1.14. The molecule has 2 nitrogen and oxygen atoms in total. The van der Waals surface area contributed by atoms with Crippen molar-refractivity contribution in [1.82, 2.24) is 4.90 Å². The molecule has 0 aromatic carbocycles. The Bertz CT molecular complexity index is 112. The molecule has 0 saturated carbocycles. The molecule has 1 unspecified atom stereocenters. The van der Waals surface area contributed by atoms with Crippen molar-refractivity contribution in [3.8, 4) is 0 Å². The average molecular weight is 157 g/mol. The molecule has 1 atom stereocenters. The number of aliphatic hydroxyl groups is 1. The van der Waals surface area contributed by atoms with E-state index in [4.69, 9.17) is 5.11 Å². The number of likely N-dealkylation sites (N-methyl/N-ethyl adjacent to an activating group) is 1. The third kappa shape index (κ3) is 6.07. The summed E-state index contributed by atoms with van der Waals surface area (Å²) in [5, 5.41) is 8.62. The molecule has 0 radical (unpaired) electrons. The maximum absolute atomic E-state index is 8.62. The Morgan fingerprint density at radius 3 is 2.64 bits per heavy atom. The maximum Gasteiger partial charge on any atom is 0.0558 e. The van der Waals surface area contributed by atoms with Crippen LogP contribution in [0, 0.1) is 5.92 Å². The molecule has 0 aromatic heterocycles. The number of rotatable bonds is 5. The first-order valence-electron chi connectivity index (χ1n) is 4.13. The summed E-state index contributed by atoms with van der Waals surface area (Å²) >= 11 is 0. The largest absolute Gasteiger partial charge is 0.395 e. The molecule has 0 aliphatic carbocycles. The minimum Gasteiger partial charge on any atom is -0.395 e. The second-order valence-electron chi connectivity index (χ2n) is 2.99. The fraction of sp³-hybridized carbons (Fsp3) is 0.778. The molecule has 0 spiro atoms. The molecule has 0 bridgehead atoms. The molecule has 0 aliphatic rings. The van der Waals surface area contributed by atoms with Crippen LogP contribution in [0.1, 0.15) is 13.8 Å². The van der Waals surface area contributed by atoms with E-state index in [1.54, 1.807) is 0 Å². The van der Waals surface area contributed by atoms with Crippen LogP contribution >= 0.6 is 0 Å². The average Bonchev–Trinajstić information content (AvgIpc) is 1.87. The molecule has 0 fully saturated rings. The summed E-state index contributed by atoms with van der Waals surface area (Å²) < 4.78 is 0. The minimum atomic E-state index is 0.249. The Kier molecular flexibility index (Phi) is 6.18. The van der Waals surface area contributed by atoms with Gasteiger partial charge in [-0.2, -0.15) is 0 Å². The van der Waals surface area contributed by atoms with Gasteiger partial charge in [0.15, 0.2) is 0 Å². The molecule has 1 N–H and O–H groups in total. The molecule has 0 amide bonds. The highest BCUT2D eigenvalue weighted by Gasteiger charge is 2.00. The molecule has 0 heterocycles. The smallest absolute Gasteiger partial charge is 0.0558 e. The monoisotopic (exact) mass is 157 g/mol. The first-order valence-corrected chi connectivity index (χ1v) is 4.13. The van der Waals surface area contributed by atoms with Crippen molar-refractivity contribution < 1.29 is 5.11 Å². The van der Waals surface area contributed by atoms with Gasteiger partial charge in [0, 0.05) is 13.1 Å². The quantitative estimate of drug-likeness (QED) is 0.605. The predicted molar refractivity (Wildman–Crippen MR) is 48.6 cm³/mol. The zero-order chi connectivity index (χ0) is 8.69. The second-order valence-corrected chi connectivity index (χ2v) is 2.99. The van der Waals surface area contributed by atoms with Crippen molar-refractivity contribution >= 4 is 0 Å². The van der Waals surface area contributed by atoms with Gasteiger partial charge in [0.05, 0.1) is 6.61 Å². The van der Waals surface area contributed by atoms with Gasteiger partial charge in [-0.1, -0.05) is 19.1 Å². The topological polar surface area (TPSA) is 23.5 Å². The summed E-state index contributed by atoms with van der Waals surface area (Å²) in [5.41, 5.74) is 0. The molecule has 66 valence electrons. The zero-order valence-electron chi connectivity index (χ0n) is 7.75. The highest BCUT2D eigenvalue weighted by molar-refractivity contribution is 4.84. The van der Waals surface area contributed by atoms with Crippen molar-refractivity contribution in [2.24, 2.45) is 5.92 Å². The molecular weight excluding hydrogens is 138 g/mol. The van der Waals surface area contributed by atoms with Crippen LogP contribution in [-0.4, -0.2) is 36.8 Å². The third-order valence-electron chi connectivity index (χ3n) is 1.60. The van der Waals surface area contributed by atoms with Crippen LogP contribution in [-0.2, 0) is 0 Å². The van der Waals surface area contributed by atoms with Crippen LogP contribution in [0.25, 0.3) is 0 Å². The molecule has 0 rings (SSSR count). The lowest BCUT2D eigenvalue weighted by Gasteiger charge is -2.17. The standard InChI is InChI=1S/C9H19NO/c1-4-5-9(2)8-10(3)6-7-11/h4-5,9,11H,6-8H2,1-3H3/b5-4-. The van der Waals surface area contributed by atoms with Crippen molar-refractivity contribution in [3.05, 3.63) is 12.2 Å². The summed E-state index contributed by atoms with van der Waals surface area (Å²) in [6, 6.07) is 0. The summed E-state index contributed by atoms with van der Waals surface area (Å²) in [6.07, 6.45) is 4.24. The number of hydrogen-bond acceptors (Lipinski definition) is 2. The van der Waals surface area contributed by atoms with E-state index in [1.165, 1.54) is 0 Å². The van der Waals surface area contributed by atoms with Gasteiger partial charge in [-0.3, -0.25) is 0 Å². The Hall–Kier alpha value is -0.340. The fourth-order valence-electron chi connectivity index (χ4n) is 1.14. The van der Waals surface area contributed by atoms with E-state index in [0.29, 0.717) is 5.92 Å². The highest BCUT2D eigenvalue weighted by Crippen LogP contribution is 1.98. The first-order chi connectivity index (χ1) is 5.20. The SMILES string of the molecule is C/C=C\C(C)CN(C)CCO. The zero-order valence-corrected chi connectivity index (χ0v) is 7.75. The van der Waals surface area contributed by atoms with Crippen LogP contribution in [0.2, 0.25) is 0 Å². The van der Waals surface area contributed by atoms with Gasteiger partial charge in [0.25, 0.3) is 0 Å². The number of hydrogen-bond donors (Lipinski definition) is 1. The Labute approximate surface area is 69.5 Å². The van der Waals surface area contributed by atoms with E-state index in [-0.39, 0.29) is 6.61 Å². The van der Waals surface area contributed by atoms with E-state index in [0.717, 1.165) is 13.1 Å². The molecular formula is C9H19NO. The summed E-state index contributed by atoms with van der Waals surface area (Å²) in [4.78, 5) is 2.13. The van der Waals surface area contributed by atoms with Crippen LogP contribution in [0.3, 0.4) is 0 Å². The van der Waals surface area contributed by atoms with E-state index in [2.05, 4.69) is 24.0 Å². The summed E-state index contributed by atoms with van der Waals surface area (Å²) in [6.45, 7) is 6.24. The lowest BCUT2D eigenvalue weighted by molar-refractivity contribution is 0.213. The highest BCUT2D eigenvalue weighted by atomic mass is 16.3. The number of allylic oxidation sites excluding steroid dienone is 1. The molecule has 0 aromatic rings. The van der Waals surface area contributed by atoms with Crippen LogP contribution in [0.15, 0.2) is 12.2 Å². The van der Waals surface area contributed by atoms with Gasteiger partial charge in [-0.25, -0.2) is 0 Å². The Morgan fingerprint density at radius 2 is 2.18 bits per heavy atom. The maximum atomic E-state index is 8.62. The minimum absolute atomic E-state index is 0.249. The van der Waals surface area contributed by atoms with Gasteiger partial charge in [-0.15, -0.1) is 0 Å². The van der Waals surface area contributed by atoms with Crippen molar-refractivity contribution in [2.45, 2.75) is 13.8 Å².